The first-order chi connectivity index (χ1) is 13.5. The summed E-state index contributed by atoms with van der Waals surface area (Å²) in [4.78, 5) is 24.5. The van der Waals surface area contributed by atoms with Crippen LogP contribution in [0.1, 0.15) is 12.0 Å². The van der Waals surface area contributed by atoms with Crippen LogP contribution >= 0.6 is 0 Å². The van der Waals surface area contributed by atoms with Crippen molar-refractivity contribution >= 4 is 17.3 Å². The molecule has 8 nitrogen and oxygen atoms in total. The van der Waals surface area contributed by atoms with Crippen molar-refractivity contribution in [2.24, 2.45) is 5.92 Å². The molecule has 28 heavy (non-hydrogen) atoms. The standard InChI is InChI=1S/C20H19N3O5/c1-27-20(24)15(11-21)9-17-13-22(12-14-5-3-2-4-6-14)18-10-16(23(25)26)7-8-19(18)28-17/h2-8,10,15,17H,9,12-13H2,1H3/t15?,17-/m0/s1. The molecule has 1 aliphatic heterocycles. The molecule has 2 aromatic carbocycles. The molecule has 144 valence electrons. The monoisotopic (exact) mass is 381 g/mol. The number of non-ortho nitro benzene ring substituents is 1. The number of hydrogen-bond donors (Lipinski definition) is 0. The molecule has 0 N–H and O–H groups in total. The minimum absolute atomic E-state index is 0.0247. The van der Waals surface area contributed by atoms with Gasteiger partial charge in [0.1, 0.15) is 17.8 Å². The van der Waals surface area contributed by atoms with Gasteiger partial charge in [-0.2, -0.15) is 5.26 Å². The molecule has 2 aromatic rings. The third-order valence-corrected chi connectivity index (χ3v) is 4.57. The van der Waals surface area contributed by atoms with E-state index in [0.29, 0.717) is 24.5 Å². The number of anilines is 1. The third kappa shape index (κ3) is 4.20. The van der Waals surface area contributed by atoms with Crippen molar-refractivity contribution in [3.8, 4) is 11.8 Å². The topological polar surface area (TPSA) is 106 Å². The number of methoxy groups -OCH3 is 1. The number of carbonyl (C=O) groups is 1. The van der Waals surface area contributed by atoms with Gasteiger partial charge >= 0.3 is 5.97 Å². The van der Waals surface area contributed by atoms with E-state index < -0.39 is 22.9 Å². The van der Waals surface area contributed by atoms with Crippen molar-refractivity contribution < 1.29 is 19.2 Å². The molecule has 1 heterocycles. The van der Waals surface area contributed by atoms with Gasteiger partial charge in [-0.05, 0) is 11.6 Å². The highest BCUT2D eigenvalue weighted by molar-refractivity contribution is 5.75. The number of ether oxygens (including phenoxy) is 2. The fourth-order valence-electron chi connectivity index (χ4n) is 3.21. The number of nitro benzene ring substituents is 1. The number of nitro groups is 1. The summed E-state index contributed by atoms with van der Waals surface area (Å²) >= 11 is 0. The summed E-state index contributed by atoms with van der Waals surface area (Å²) in [5.41, 5.74) is 1.62. The predicted octanol–water partition coefficient (Wildman–Crippen LogP) is 3.07. The number of fused-ring (bicyclic) bond motifs is 1. The number of carbonyl (C=O) groups excluding carboxylic acids is 1. The maximum absolute atomic E-state index is 11.8. The zero-order valence-electron chi connectivity index (χ0n) is 15.3. The Balaban J connectivity index is 1.90. The lowest BCUT2D eigenvalue weighted by Gasteiger charge is -2.36. The number of hydrogen-bond acceptors (Lipinski definition) is 7. The van der Waals surface area contributed by atoms with Gasteiger partial charge in [0.2, 0.25) is 0 Å². The second-order valence-corrected chi connectivity index (χ2v) is 6.46. The molecule has 0 saturated heterocycles. The molecule has 0 saturated carbocycles. The van der Waals surface area contributed by atoms with Crippen LogP contribution < -0.4 is 9.64 Å². The molecule has 8 heteroatoms. The van der Waals surface area contributed by atoms with E-state index in [2.05, 4.69) is 4.74 Å². The van der Waals surface area contributed by atoms with Crippen LogP contribution in [0, 0.1) is 27.4 Å². The van der Waals surface area contributed by atoms with Crippen LogP contribution in [-0.4, -0.2) is 30.7 Å². The number of benzene rings is 2. The lowest BCUT2D eigenvalue weighted by Crippen LogP contribution is -2.41. The van der Waals surface area contributed by atoms with E-state index in [1.54, 1.807) is 6.07 Å². The molecule has 2 atom stereocenters. The third-order valence-electron chi connectivity index (χ3n) is 4.57. The predicted molar refractivity (Wildman–Crippen MR) is 101 cm³/mol. The van der Waals surface area contributed by atoms with Gasteiger partial charge in [0.25, 0.3) is 5.69 Å². The zero-order chi connectivity index (χ0) is 20.1. The average molecular weight is 381 g/mol. The molecule has 0 amide bonds. The molecular formula is C20H19N3O5. The van der Waals surface area contributed by atoms with Crippen molar-refractivity contribution in [1.29, 1.82) is 5.26 Å². The molecule has 0 bridgehead atoms. The number of esters is 1. The van der Waals surface area contributed by atoms with Crippen molar-refractivity contribution in [1.82, 2.24) is 0 Å². The van der Waals surface area contributed by atoms with Gasteiger partial charge in [-0.1, -0.05) is 30.3 Å². The molecule has 1 unspecified atom stereocenters. The normalized spacial score (nSPS) is 16.3. The SMILES string of the molecule is COC(=O)C(C#N)C[C@H]1CN(Cc2ccccc2)c2cc([N+](=O)[O-])ccc2O1. The number of rotatable bonds is 6. The quantitative estimate of drug-likeness (QED) is 0.430. The summed E-state index contributed by atoms with van der Waals surface area (Å²) in [5, 5.41) is 20.4. The Morgan fingerprint density at radius 2 is 2.14 bits per heavy atom. The van der Waals surface area contributed by atoms with Crippen molar-refractivity contribution in [3.63, 3.8) is 0 Å². The summed E-state index contributed by atoms with van der Waals surface area (Å²) in [6.45, 7) is 0.905. The van der Waals surface area contributed by atoms with Gasteiger partial charge in [-0.15, -0.1) is 0 Å². The summed E-state index contributed by atoms with van der Waals surface area (Å²) in [6, 6.07) is 16.1. The van der Waals surface area contributed by atoms with Gasteiger partial charge in [-0.3, -0.25) is 14.9 Å². The largest absolute Gasteiger partial charge is 0.486 e. The van der Waals surface area contributed by atoms with E-state index >= 15 is 0 Å². The van der Waals surface area contributed by atoms with E-state index in [1.165, 1.54) is 19.2 Å². The molecule has 0 fully saturated rings. The molecular weight excluding hydrogens is 362 g/mol. The number of nitriles is 1. The van der Waals surface area contributed by atoms with Crippen molar-refractivity contribution in [2.45, 2.75) is 19.1 Å². The maximum atomic E-state index is 11.8. The number of nitrogens with zero attached hydrogens (tertiary/aromatic N) is 3. The van der Waals surface area contributed by atoms with E-state index in [0.717, 1.165) is 5.56 Å². The van der Waals surface area contributed by atoms with E-state index in [-0.39, 0.29) is 12.1 Å². The summed E-state index contributed by atoms with van der Waals surface area (Å²) in [5.74, 6) is -1.05. The minimum atomic E-state index is -0.937. The van der Waals surface area contributed by atoms with Crippen molar-refractivity contribution in [3.05, 3.63) is 64.2 Å². The van der Waals surface area contributed by atoms with Crippen LogP contribution in [0.2, 0.25) is 0 Å². The lowest BCUT2D eigenvalue weighted by molar-refractivity contribution is -0.384. The van der Waals surface area contributed by atoms with Crippen LogP contribution in [0.4, 0.5) is 11.4 Å². The second-order valence-electron chi connectivity index (χ2n) is 6.46. The first kappa shape index (κ1) is 19.2. The van der Waals surface area contributed by atoms with Crippen LogP contribution in [0.15, 0.2) is 48.5 Å². The van der Waals surface area contributed by atoms with Crippen LogP contribution in [0.25, 0.3) is 0 Å². The summed E-state index contributed by atoms with van der Waals surface area (Å²) in [6.07, 6.45) is -0.258. The molecule has 0 aromatic heterocycles. The van der Waals surface area contributed by atoms with E-state index in [1.807, 2.05) is 41.3 Å². The zero-order valence-corrected chi connectivity index (χ0v) is 15.3. The molecule has 0 aliphatic carbocycles. The van der Waals surface area contributed by atoms with Gasteiger partial charge in [0.15, 0.2) is 0 Å². The fraction of sp³-hybridized carbons (Fsp3) is 0.300. The molecule has 3 rings (SSSR count). The maximum Gasteiger partial charge on any atom is 0.323 e. The average Bonchev–Trinajstić information content (AvgIpc) is 2.71. The van der Waals surface area contributed by atoms with Crippen molar-refractivity contribution in [2.75, 3.05) is 18.6 Å². The lowest BCUT2D eigenvalue weighted by atomic mass is 10.0. The Bertz CT molecular complexity index is 910. The highest BCUT2D eigenvalue weighted by atomic mass is 16.6. The van der Waals surface area contributed by atoms with Crippen LogP contribution in [0.3, 0.4) is 0 Å². The summed E-state index contributed by atoms with van der Waals surface area (Å²) < 4.78 is 10.6. The fourth-order valence-corrected chi connectivity index (χ4v) is 3.21. The molecule has 0 spiro atoms. The highest BCUT2D eigenvalue weighted by Crippen LogP contribution is 2.38. The first-order valence-corrected chi connectivity index (χ1v) is 8.73. The summed E-state index contributed by atoms with van der Waals surface area (Å²) in [7, 11) is 1.24. The smallest absolute Gasteiger partial charge is 0.323 e. The Morgan fingerprint density at radius 3 is 2.79 bits per heavy atom. The Morgan fingerprint density at radius 1 is 1.39 bits per heavy atom. The van der Waals surface area contributed by atoms with Gasteiger partial charge in [-0.25, -0.2) is 0 Å². The van der Waals surface area contributed by atoms with E-state index in [4.69, 9.17) is 4.74 Å². The second kappa shape index (κ2) is 8.39. The Kier molecular flexibility index (Phi) is 5.75. The van der Waals surface area contributed by atoms with Crippen LogP contribution in [-0.2, 0) is 16.1 Å². The Labute approximate surface area is 162 Å². The molecule has 1 aliphatic rings. The van der Waals surface area contributed by atoms with Gasteiger partial charge in [0.05, 0.1) is 30.3 Å². The van der Waals surface area contributed by atoms with E-state index in [9.17, 15) is 20.2 Å². The Hall–Kier alpha value is -3.60. The first-order valence-electron chi connectivity index (χ1n) is 8.73. The van der Waals surface area contributed by atoms with Crippen LogP contribution in [0.5, 0.6) is 5.75 Å². The van der Waals surface area contributed by atoms with Gasteiger partial charge < -0.3 is 14.4 Å². The van der Waals surface area contributed by atoms with Gasteiger partial charge in [0, 0.05) is 25.1 Å². The minimum Gasteiger partial charge on any atom is -0.486 e. The highest BCUT2D eigenvalue weighted by Gasteiger charge is 2.32. The molecule has 0 radical (unpaired) electrons.